The van der Waals surface area contributed by atoms with Gasteiger partial charge in [-0.25, -0.2) is 0 Å². The summed E-state index contributed by atoms with van der Waals surface area (Å²) in [5.41, 5.74) is 0. The van der Waals surface area contributed by atoms with Crippen LogP contribution in [0.2, 0.25) is 0 Å². The summed E-state index contributed by atoms with van der Waals surface area (Å²) < 4.78 is 1.53. The quantitative estimate of drug-likeness (QED) is 0.0257. The Morgan fingerprint density at radius 1 is 0.515 bits per heavy atom. The molecule has 0 fully saturated rings. The van der Waals surface area contributed by atoms with Gasteiger partial charge in [-0.2, -0.15) is 0 Å². The number of quaternary nitrogens is 1. The summed E-state index contributed by atoms with van der Waals surface area (Å²) in [7, 11) is 0. The average Bonchev–Trinajstić information content (AvgIpc) is 2.81. The van der Waals surface area contributed by atoms with Crippen LogP contribution in [-0.4, -0.2) is 28.2 Å². The number of halogens is 2. The first-order valence-electron chi connectivity index (χ1n) is 14.6. The summed E-state index contributed by atoms with van der Waals surface area (Å²) in [6.07, 6.45) is 35.3. The molecule has 0 N–H and O–H groups in total. The number of hydrogen-bond donors (Lipinski definition) is 0. The van der Waals surface area contributed by atoms with Crippen molar-refractivity contribution in [1.82, 2.24) is 0 Å². The second-order valence-corrected chi connectivity index (χ2v) is 11.4. The van der Waals surface area contributed by atoms with Crippen LogP contribution in [0.25, 0.3) is 0 Å². The lowest BCUT2D eigenvalue weighted by Gasteiger charge is -2.41. The van der Waals surface area contributed by atoms with Crippen molar-refractivity contribution in [3.05, 3.63) is 0 Å². The van der Waals surface area contributed by atoms with Crippen molar-refractivity contribution in [2.24, 2.45) is 0 Å². The van der Waals surface area contributed by atoms with E-state index in [4.69, 9.17) is 6.42 Å². The first kappa shape index (κ1) is 35.7. The zero-order valence-electron chi connectivity index (χ0n) is 22.8. The third-order valence-corrected chi connectivity index (χ3v) is 8.78. The smallest absolute Gasteiger partial charge is 0.200 e. The third-order valence-electron chi connectivity index (χ3n) is 7.24. The molecule has 3 heteroatoms. The summed E-state index contributed by atoms with van der Waals surface area (Å²) in [5, 5.41) is 0. The van der Waals surface area contributed by atoms with Gasteiger partial charge < -0.3 is 16.9 Å². The van der Waals surface area contributed by atoms with Crippen LogP contribution >= 0.6 is 22.6 Å². The number of rotatable bonds is 25. The molecule has 0 saturated carbocycles. The Morgan fingerprint density at radius 2 is 0.758 bits per heavy atom. The summed E-state index contributed by atoms with van der Waals surface area (Å²) in [5.74, 6) is 3.17. The van der Waals surface area contributed by atoms with E-state index in [0.717, 1.165) is 0 Å². The molecular weight excluding hydrogens is 537 g/mol. The third kappa shape index (κ3) is 20.4. The maximum atomic E-state index is 6.04. The molecule has 0 saturated heterocycles. The van der Waals surface area contributed by atoms with Gasteiger partial charge in [-0.05, 0) is 44.4 Å². The van der Waals surface area contributed by atoms with E-state index in [2.05, 4.69) is 49.3 Å². The van der Waals surface area contributed by atoms with Gasteiger partial charge in [-0.1, -0.05) is 117 Å². The van der Waals surface area contributed by atoms with E-state index in [1.54, 1.807) is 0 Å². The first-order chi connectivity index (χ1) is 15.7. The fourth-order valence-corrected chi connectivity index (χ4v) is 5.82. The molecule has 0 aromatic carbocycles. The lowest BCUT2D eigenvalue weighted by molar-refractivity contribution is -0.927. The van der Waals surface area contributed by atoms with Crippen LogP contribution in [0.15, 0.2) is 0 Å². The molecule has 1 nitrogen and oxygen atoms in total. The minimum Gasteiger partial charge on any atom is -1.00 e. The van der Waals surface area contributed by atoms with Gasteiger partial charge in [-0.15, -0.1) is 6.42 Å². The highest BCUT2D eigenvalue weighted by molar-refractivity contribution is 14.1. The molecule has 0 aliphatic carbocycles. The number of hydrogen-bond acceptors (Lipinski definition) is 0. The maximum Gasteiger partial charge on any atom is 0.200 e. The maximum absolute atomic E-state index is 6.04. The van der Waals surface area contributed by atoms with Crippen molar-refractivity contribution in [3.63, 3.8) is 0 Å². The van der Waals surface area contributed by atoms with Crippen LogP contribution in [0.4, 0.5) is 0 Å². The van der Waals surface area contributed by atoms with Crippen LogP contribution in [0.3, 0.4) is 0 Å². The molecule has 0 aromatic heterocycles. The lowest BCUT2D eigenvalue weighted by atomic mass is 10.1. The SMILES string of the molecule is C#CC(I)[N+](CCCCCCCCC)(CCCCCCCCC)CCCCCCCCC.[Cl-]. The minimum absolute atomic E-state index is 0. The fraction of sp³-hybridized carbons (Fsp3) is 0.933. The topological polar surface area (TPSA) is 0 Å². The van der Waals surface area contributed by atoms with Crippen LogP contribution in [-0.2, 0) is 0 Å². The summed E-state index contributed by atoms with van der Waals surface area (Å²) in [4.78, 5) is 0. The minimum atomic E-state index is 0. The number of nitrogens with zero attached hydrogens (tertiary/aromatic N) is 1. The second-order valence-electron chi connectivity index (χ2n) is 10.3. The van der Waals surface area contributed by atoms with Gasteiger partial charge in [0.2, 0.25) is 4.05 Å². The number of unbranched alkanes of at least 4 members (excludes halogenated alkanes) is 18. The average molecular weight is 596 g/mol. The molecule has 0 heterocycles. The summed E-state index contributed by atoms with van der Waals surface area (Å²) in [6, 6.07) is 0. The zero-order valence-corrected chi connectivity index (χ0v) is 25.7. The molecule has 33 heavy (non-hydrogen) atoms. The van der Waals surface area contributed by atoms with E-state index in [0.29, 0.717) is 4.05 Å². The summed E-state index contributed by atoms with van der Waals surface area (Å²) >= 11 is 2.59. The van der Waals surface area contributed by atoms with Crippen LogP contribution in [0.1, 0.15) is 156 Å². The van der Waals surface area contributed by atoms with Crippen molar-refractivity contribution >= 4 is 22.6 Å². The predicted octanol–water partition coefficient (Wildman–Crippen LogP) is 7.45. The van der Waals surface area contributed by atoms with Gasteiger partial charge in [0.05, 0.1) is 19.6 Å². The van der Waals surface area contributed by atoms with Gasteiger partial charge in [0.15, 0.2) is 0 Å². The normalized spacial score (nSPS) is 12.3. The van der Waals surface area contributed by atoms with Gasteiger partial charge in [-0.3, -0.25) is 0 Å². The molecule has 0 bridgehead atoms. The van der Waals surface area contributed by atoms with Crippen molar-refractivity contribution in [3.8, 4) is 12.3 Å². The Bertz CT molecular complexity index is 374. The molecule has 0 amide bonds. The van der Waals surface area contributed by atoms with E-state index in [9.17, 15) is 0 Å². The van der Waals surface area contributed by atoms with Crippen molar-refractivity contribution in [2.75, 3.05) is 19.6 Å². The Kier molecular flexibility index (Phi) is 29.4. The number of terminal acetylenes is 1. The summed E-state index contributed by atoms with van der Waals surface area (Å²) in [6.45, 7) is 10.8. The fourth-order valence-electron chi connectivity index (χ4n) is 4.98. The Hall–Kier alpha value is 0.540. The predicted molar refractivity (Wildman–Crippen MR) is 155 cm³/mol. The van der Waals surface area contributed by atoms with Gasteiger partial charge in [0, 0.05) is 22.6 Å². The highest BCUT2D eigenvalue weighted by atomic mass is 127. The van der Waals surface area contributed by atoms with Crippen LogP contribution in [0, 0.1) is 12.3 Å². The molecule has 0 aliphatic heterocycles. The monoisotopic (exact) mass is 595 g/mol. The van der Waals surface area contributed by atoms with Crippen LogP contribution in [0.5, 0.6) is 0 Å². The van der Waals surface area contributed by atoms with Gasteiger partial charge in [0.25, 0.3) is 0 Å². The Morgan fingerprint density at radius 3 is 1.00 bits per heavy atom. The van der Waals surface area contributed by atoms with Crippen molar-refractivity contribution < 1.29 is 16.9 Å². The van der Waals surface area contributed by atoms with E-state index in [1.165, 1.54) is 159 Å². The zero-order chi connectivity index (χ0) is 23.8. The lowest BCUT2D eigenvalue weighted by Crippen LogP contribution is -3.00. The van der Waals surface area contributed by atoms with E-state index in [1.807, 2.05) is 0 Å². The molecule has 0 aliphatic rings. The molecule has 198 valence electrons. The molecule has 0 rings (SSSR count). The van der Waals surface area contributed by atoms with Crippen molar-refractivity contribution in [2.45, 2.75) is 160 Å². The van der Waals surface area contributed by atoms with Crippen LogP contribution < -0.4 is 12.4 Å². The van der Waals surface area contributed by atoms with E-state index >= 15 is 0 Å². The molecule has 1 atom stereocenters. The molecule has 0 aromatic rings. The van der Waals surface area contributed by atoms with Gasteiger partial charge >= 0.3 is 0 Å². The van der Waals surface area contributed by atoms with Gasteiger partial charge in [0.1, 0.15) is 0 Å². The molecule has 0 spiro atoms. The highest BCUT2D eigenvalue weighted by Crippen LogP contribution is 2.25. The molecular formula is C30H59ClIN. The van der Waals surface area contributed by atoms with Crippen molar-refractivity contribution in [1.29, 1.82) is 0 Å². The largest absolute Gasteiger partial charge is 1.00 e. The molecule has 1 unspecified atom stereocenters. The van der Waals surface area contributed by atoms with E-state index in [-0.39, 0.29) is 12.4 Å². The number of alkyl halides is 1. The second kappa shape index (κ2) is 27.1. The standard InChI is InChI=1S/C30H59IN.ClH/c1-5-9-12-15-18-21-24-27-32(30(31)8-4,28-25-22-19-16-13-10-6-2)29-26-23-20-17-14-11-7-3;/h4,30H,5-7,9-29H2,1-3H3;1H/q+1;/p-1. The van der Waals surface area contributed by atoms with E-state index < -0.39 is 0 Å². The highest BCUT2D eigenvalue weighted by Gasteiger charge is 2.32. The molecule has 0 radical (unpaired) electrons. The first-order valence-corrected chi connectivity index (χ1v) is 15.9. The Balaban J connectivity index is 0. The Labute approximate surface area is 230 Å².